The van der Waals surface area contributed by atoms with Crippen LogP contribution in [0.4, 0.5) is 4.79 Å². The maximum atomic E-state index is 13.6. The molecule has 318 valence electrons. The van der Waals surface area contributed by atoms with Gasteiger partial charge in [0.1, 0.15) is 34.4 Å². The second-order valence-corrected chi connectivity index (χ2v) is 17.3. The lowest BCUT2D eigenvalue weighted by molar-refractivity contribution is -0.155. The number of amides is 4. The number of carbonyl (C=O) groups excluding carboxylic acids is 4. The molecule has 1 unspecified atom stereocenters. The predicted molar refractivity (Wildman–Crippen MR) is 231 cm³/mol. The van der Waals surface area contributed by atoms with E-state index < -0.39 is 35.4 Å². The van der Waals surface area contributed by atoms with Crippen LogP contribution in [0.2, 0.25) is 0 Å². The van der Waals surface area contributed by atoms with Crippen LogP contribution in [0.5, 0.6) is 0 Å². The Morgan fingerprint density at radius 1 is 0.793 bits per heavy atom. The molecule has 11 nitrogen and oxygen atoms in total. The van der Waals surface area contributed by atoms with Gasteiger partial charge in [0.15, 0.2) is 0 Å². The molecule has 4 N–H and O–H groups in total. The molecule has 3 atom stereocenters. The van der Waals surface area contributed by atoms with Gasteiger partial charge in [0.2, 0.25) is 5.91 Å². The first-order valence-corrected chi connectivity index (χ1v) is 20.7. The lowest BCUT2D eigenvalue weighted by Gasteiger charge is -2.40. The number of hydrogen-bond acceptors (Lipinski definition) is 7. The zero-order valence-electron chi connectivity index (χ0n) is 36.1. The van der Waals surface area contributed by atoms with Gasteiger partial charge >= 0.3 is 12.0 Å². The summed E-state index contributed by atoms with van der Waals surface area (Å²) < 4.78 is 17.8. The third kappa shape index (κ3) is 17.6. The van der Waals surface area contributed by atoms with E-state index in [0.717, 1.165) is 36.8 Å². The molecule has 1 saturated carbocycles. The average molecular weight is 801 g/mol. The van der Waals surface area contributed by atoms with Crippen molar-refractivity contribution in [3.63, 3.8) is 0 Å². The van der Waals surface area contributed by atoms with E-state index in [0.29, 0.717) is 49.3 Å². The monoisotopic (exact) mass is 801 g/mol. The van der Waals surface area contributed by atoms with E-state index in [1.807, 2.05) is 82.3 Å². The standard InChI is InChI=1S/C47H68N4O7/c1-11-35-24-26-37(27-25-35)42(53)49-40(23-17-21-36-19-13-12-14-20-36)43(54)48-32-16-15-22-38(34(3)57-47(10)30-18-31-47)50-44(55)51-39(33(2)56-45(4,5)6)28-29-41(52)58-46(7,8)9/h12-14,17,19-21,24-27,38-40H,2-3,11,15-16,18,22-23,28-32H2,1,4-10H3,(H,48,54)(H,49,53)(H2,50,51,55)/b21-17+/t38-,39?,40+/m0/s1. The van der Waals surface area contributed by atoms with Crippen LogP contribution in [0.3, 0.4) is 0 Å². The molecule has 1 fully saturated rings. The highest BCUT2D eigenvalue weighted by molar-refractivity contribution is 5.97. The highest BCUT2D eigenvalue weighted by Gasteiger charge is 2.36. The topological polar surface area (TPSA) is 144 Å². The van der Waals surface area contributed by atoms with E-state index in [4.69, 9.17) is 14.2 Å². The lowest BCUT2D eigenvalue weighted by Crippen LogP contribution is -2.49. The molecule has 0 saturated heterocycles. The third-order valence-corrected chi connectivity index (χ3v) is 9.62. The van der Waals surface area contributed by atoms with Crippen LogP contribution in [0.25, 0.3) is 6.08 Å². The molecule has 0 aliphatic heterocycles. The molecule has 0 heterocycles. The Morgan fingerprint density at radius 3 is 1.98 bits per heavy atom. The first kappa shape index (κ1) is 47.3. The number of nitrogens with one attached hydrogen (secondary N) is 4. The van der Waals surface area contributed by atoms with Crippen LogP contribution >= 0.6 is 0 Å². The Labute approximate surface area is 346 Å². The van der Waals surface area contributed by atoms with Gasteiger partial charge < -0.3 is 35.5 Å². The Balaban J connectivity index is 1.64. The summed E-state index contributed by atoms with van der Waals surface area (Å²) in [6.07, 6.45) is 9.86. The van der Waals surface area contributed by atoms with Crippen LogP contribution in [-0.2, 0) is 30.2 Å². The molecule has 58 heavy (non-hydrogen) atoms. The minimum Gasteiger partial charge on any atom is -0.491 e. The fourth-order valence-corrected chi connectivity index (χ4v) is 6.35. The minimum atomic E-state index is -0.784. The number of carbonyl (C=O) groups is 4. The van der Waals surface area contributed by atoms with Gasteiger partial charge in [0.05, 0.1) is 12.1 Å². The second kappa shape index (κ2) is 22.2. The maximum Gasteiger partial charge on any atom is 0.315 e. The van der Waals surface area contributed by atoms with Crippen molar-refractivity contribution in [2.75, 3.05) is 6.54 Å². The summed E-state index contributed by atoms with van der Waals surface area (Å²) in [5, 5.41) is 11.9. The van der Waals surface area contributed by atoms with Crippen LogP contribution in [0, 0.1) is 0 Å². The Kier molecular flexibility index (Phi) is 18.1. The number of aryl methyl sites for hydroxylation is 1. The second-order valence-electron chi connectivity index (χ2n) is 17.3. The summed E-state index contributed by atoms with van der Waals surface area (Å²) >= 11 is 0. The summed E-state index contributed by atoms with van der Waals surface area (Å²) in [5.41, 5.74) is 1.07. The number of unbranched alkanes of at least 4 members (excludes halogenated alkanes) is 1. The van der Waals surface area contributed by atoms with Gasteiger partial charge in [0.25, 0.3) is 5.91 Å². The van der Waals surface area contributed by atoms with Gasteiger partial charge in [-0.25, -0.2) is 4.79 Å². The van der Waals surface area contributed by atoms with Crippen LogP contribution < -0.4 is 21.3 Å². The van der Waals surface area contributed by atoms with Crippen molar-refractivity contribution < 1.29 is 33.4 Å². The molecule has 2 aromatic rings. The number of rotatable bonds is 22. The summed E-state index contributed by atoms with van der Waals surface area (Å²) in [4.78, 5) is 52.9. The summed E-state index contributed by atoms with van der Waals surface area (Å²) in [5.74, 6) is -0.206. The number of benzene rings is 2. The molecule has 2 aromatic carbocycles. The predicted octanol–water partition coefficient (Wildman–Crippen LogP) is 8.70. The molecule has 0 spiro atoms. The van der Waals surface area contributed by atoms with Crippen LogP contribution in [0.1, 0.15) is 135 Å². The van der Waals surface area contributed by atoms with Gasteiger partial charge in [-0.1, -0.05) is 74.7 Å². The Bertz CT molecular complexity index is 1700. The van der Waals surface area contributed by atoms with E-state index in [1.165, 1.54) is 0 Å². The zero-order valence-corrected chi connectivity index (χ0v) is 36.1. The highest BCUT2D eigenvalue weighted by Crippen LogP contribution is 2.37. The fraction of sp³-hybridized carbons (Fsp3) is 0.532. The summed E-state index contributed by atoms with van der Waals surface area (Å²) in [6, 6.07) is 14.7. The number of esters is 1. The quantitative estimate of drug-likeness (QED) is 0.0530. The third-order valence-electron chi connectivity index (χ3n) is 9.62. The first-order chi connectivity index (χ1) is 27.3. The largest absolute Gasteiger partial charge is 0.491 e. The van der Waals surface area contributed by atoms with E-state index in [9.17, 15) is 19.2 Å². The smallest absolute Gasteiger partial charge is 0.315 e. The Morgan fingerprint density at radius 2 is 1.41 bits per heavy atom. The van der Waals surface area contributed by atoms with Gasteiger partial charge in [-0.2, -0.15) is 0 Å². The molecule has 3 rings (SSSR count). The van der Waals surface area contributed by atoms with Crippen molar-refractivity contribution in [1.82, 2.24) is 21.3 Å². The van der Waals surface area contributed by atoms with Crippen molar-refractivity contribution >= 4 is 29.9 Å². The fourth-order valence-electron chi connectivity index (χ4n) is 6.35. The number of ether oxygens (including phenoxy) is 3. The molecule has 0 aromatic heterocycles. The van der Waals surface area contributed by atoms with E-state index in [1.54, 1.807) is 32.9 Å². The van der Waals surface area contributed by atoms with Crippen molar-refractivity contribution in [3.05, 3.63) is 102 Å². The molecule has 1 aliphatic carbocycles. The van der Waals surface area contributed by atoms with E-state index in [2.05, 4.69) is 41.3 Å². The summed E-state index contributed by atoms with van der Waals surface area (Å²) in [6.45, 7) is 23.8. The van der Waals surface area contributed by atoms with Crippen molar-refractivity contribution in [2.24, 2.45) is 0 Å². The lowest BCUT2D eigenvalue weighted by atomic mass is 9.82. The number of hydrogen-bond donors (Lipinski definition) is 4. The number of urea groups is 1. The summed E-state index contributed by atoms with van der Waals surface area (Å²) in [7, 11) is 0. The average Bonchev–Trinajstić information content (AvgIpc) is 3.13. The molecule has 0 bridgehead atoms. The molecule has 1 aliphatic rings. The van der Waals surface area contributed by atoms with Crippen molar-refractivity contribution in [3.8, 4) is 0 Å². The SMILES string of the molecule is C=C(OC(C)(C)C)C(CCC(=O)OC(C)(C)C)NC(=O)N[C@@H](CCCCNC(=O)[C@@H](C/C=C/c1ccccc1)NC(=O)c1ccc(CC)cc1)C(=C)OC1(C)CCC1. The van der Waals surface area contributed by atoms with E-state index >= 15 is 0 Å². The normalized spacial score (nSPS) is 15.2. The minimum absolute atomic E-state index is 0.0535. The van der Waals surface area contributed by atoms with Crippen LogP contribution in [-0.4, -0.2) is 65.3 Å². The molecular weight excluding hydrogens is 733 g/mol. The highest BCUT2D eigenvalue weighted by atomic mass is 16.6. The molecule has 11 heteroatoms. The van der Waals surface area contributed by atoms with E-state index in [-0.39, 0.29) is 36.2 Å². The molecule has 0 radical (unpaired) electrons. The van der Waals surface area contributed by atoms with Gasteiger partial charge in [-0.3, -0.25) is 14.4 Å². The van der Waals surface area contributed by atoms with Gasteiger partial charge in [-0.15, -0.1) is 0 Å². The van der Waals surface area contributed by atoms with Crippen molar-refractivity contribution in [1.29, 1.82) is 0 Å². The Hall–Kier alpha value is -5.06. The molecular formula is C47H68N4O7. The zero-order chi connectivity index (χ0) is 42.9. The van der Waals surface area contributed by atoms with Gasteiger partial charge in [0, 0.05) is 18.5 Å². The molecule has 4 amide bonds. The van der Waals surface area contributed by atoms with Crippen LogP contribution in [0.15, 0.2) is 85.3 Å². The van der Waals surface area contributed by atoms with Gasteiger partial charge in [-0.05, 0) is 130 Å². The van der Waals surface area contributed by atoms with Crippen molar-refractivity contribution in [2.45, 2.75) is 155 Å². The first-order valence-electron chi connectivity index (χ1n) is 20.7. The maximum absolute atomic E-state index is 13.6.